The third-order valence-electron chi connectivity index (χ3n) is 4.13. The van der Waals surface area contributed by atoms with E-state index in [2.05, 4.69) is 29.8 Å². The number of aromatic nitrogens is 1. The van der Waals surface area contributed by atoms with Crippen molar-refractivity contribution in [2.24, 2.45) is 5.92 Å². The van der Waals surface area contributed by atoms with Gasteiger partial charge in [-0.25, -0.2) is 14.6 Å². The van der Waals surface area contributed by atoms with Crippen molar-refractivity contribution in [3.8, 4) is 0 Å². The number of anilines is 1. The molecule has 0 saturated carbocycles. The van der Waals surface area contributed by atoms with E-state index in [1.807, 2.05) is 19.9 Å². The molecule has 5 N–H and O–H groups in total. The van der Waals surface area contributed by atoms with E-state index >= 15 is 0 Å². The van der Waals surface area contributed by atoms with Gasteiger partial charge in [-0.15, -0.1) is 0 Å². The Morgan fingerprint density at radius 3 is 1.86 bits per heavy atom. The number of carbonyl (C=O) groups excluding carboxylic acids is 1. The van der Waals surface area contributed by atoms with Crippen LogP contribution in [0.2, 0.25) is 0 Å². The van der Waals surface area contributed by atoms with Crippen LogP contribution in [0.15, 0.2) is 6.07 Å². The standard InChI is InChI=1S/C17H28N4O.2C2HF3O2/c1-11(2)10-19-16-14(17(22)20-12(3)4)9-13-5-7-18-8-6-15(13)21-16;2*3-2(4,5)1(6)7/h9,11-12,18H,5-8,10H2,1-4H3,(H,19,21)(H,20,22);2*(H,6,7). The number of fused-ring (bicyclic) bond motifs is 1. The average molecular weight is 532 g/mol. The van der Waals surface area contributed by atoms with E-state index in [0.29, 0.717) is 17.3 Å². The fourth-order valence-electron chi connectivity index (χ4n) is 2.53. The second-order valence-corrected chi connectivity index (χ2v) is 8.25. The van der Waals surface area contributed by atoms with E-state index < -0.39 is 24.3 Å². The van der Waals surface area contributed by atoms with Gasteiger partial charge >= 0.3 is 24.3 Å². The molecule has 0 atom stereocenters. The maximum Gasteiger partial charge on any atom is 0.490 e. The summed E-state index contributed by atoms with van der Waals surface area (Å²) in [4.78, 5) is 35.0. The number of nitrogens with one attached hydrogen (secondary N) is 3. The first-order valence-corrected chi connectivity index (χ1v) is 10.7. The molecule has 0 saturated heterocycles. The van der Waals surface area contributed by atoms with Gasteiger partial charge in [-0.2, -0.15) is 26.3 Å². The van der Waals surface area contributed by atoms with Gasteiger partial charge in [0, 0.05) is 31.2 Å². The molecule has 1 amide bonds. The number of carboxylic acid groups (broad SMARTS) is 2. The SMILES string of the molecule is CC(C)CNc1nc2c(cc1C(=O)NC(C)C)CCNCC2.O=C(O)C(F)(F)F.O=C(O)C(F)(F)F. The molecular weight excluding hydrogens is 502 g/mol. The van der Waals surface area contributed by atoms with Gasteiger partial charge in [-0.05, 0) is 44.4 Å². The molecular formula is C21H30F6N4O5. The van der Waals surface area contributed by atoms with Gasteiger partial charge in [-0.3, -0.25) is 4.79 Å². The summed E-state index contributed by atoms with van der Waals surface area (Å²) in [7, 11) is 0. The topological polar surface area (TPSA) is 141 Å². The highest BCUT2D eigenvalue weighted by atomic mass is 19.4. The third kappa shape index (κ3) is 13.1. The Hall–Kier alpha value is -3.10. The zero-order chi connectivity index (χ0) is 28.3. The van der Waals surface area contributed by atoms with Gasteiger partial charge in [-0.1, -0.05) is 13.8 Å². The molecule has 0 radical (unpaired) electrons. The summed E-state index contributed by atoms with van der Waals surface area (Å²) in [6.07, 6.45) is -8.33. The van der Waals surface area contributed by atoms with Gasteiger partial charge in [0.1, 0.15) is 5.82 Å². The number of halogens is 6. The molecule has 2 heterocycles. The van der Waals surface area contributed by atoms with E-state index in [-0.39, 0.29) is 11.9 Å². The van der Waals surface area contributed by atoms with Gasteiger partial charge in [0.15, 0.2) is 0 Å². The number of carbonyl (C=O) groups is 3. The first-order valence-electron chi connectivity index (χ1n) is 10.7. The average Bonchev–Trinajstić information content (AvgIpc) is 2.95. The number of aliphatic carboxylic acids is 2. The smallest absolute Gasteiger partial charge is 0.475 e. The van der Waals surface area contributed by atoms with E-state index in [1.165, 1.54) is 5.56 Å². The lowest BCUT2D eigenvalue weighted by atomic mass is 10.0. The lowest BCUT2D eigenvalue weighted by Crippen LogP contribution is -2.31. The number of amides is 1. The Kier molecular flexibility index (Phi) is 13.2. The van der Waals surface area contributed by atoms with E-state index in [0.717, 1.165) is 38.2 Å². The van der Waals surface area contributed by atoms with Crippen molar-refractivity contribution in [1.82, 2.24) is 15.6 Å². The molecule has 0 aromatic carbocycles. The normalized spacial score (nSPS) is 13.3. The molecule has 15 heteroatoms. The van der Waals surface area contributed by atoms with Gasteiger partial charge in [0.05, 0.1) is 5.56 Å². The summed E-state index contributed by atoms with van der Waals surface area (Å²) < 4.78 is 63.5. The summed E-state index contributed by atoms with van der Waals surface area (Å²) in [5, 5.41) is 24.0. The maximum atomic E-state index is 12.5. The third-order valence-corrected chi connectivity index (χ3v) is 4.13. The predicted molar refractivity (Wildman–Crippen MR) is 118 cm³/mol. The molecule has 1 aromatic heterocycles. The summed E-state index contributed by atoms with van der Waals surface area (Å²) >= 11 is 0. The summed E-state index contributed by atoms with van der Waals surface area (Å²) in [5.41, 5.74) is 2.96. The number of hydrogen-bond donors (Lipinski definition) is 5. The first kappa shape index (κ1) is 32.9. The lowest BCUT2D eigenvalue weighted by Gasteiger charge is -2.17. The van der Waals surface area contributed by atoms with Crippen LogP contribution in [0.1, 0.15) is 49.3 Å². The lowest BCUT2D eigenvalue weighted by molar-refractivity contribution is -0.193. The minimum absolute atomic E-state index is 0.0474. The first-order chi connectivity index (χ1) is 16.4. The molecule has 1 aliphatic heterocycles. The van der Waals surface area contributed by atoms with Crippen LogP contribution in [0.3, 0.4) is 0 Å². The number of pyridine rings is 1. The highest BCUT2D eigenvalue weighted by Crippen LogP contribution is 2.21. The Labute approximate surface area is 203 Å². The van der Waals surface area contributed by atoms with Crippen LogP contribution in [-0.4, -0.2) is 71.1 Å². The summed E-state index contributed by atoms with van der Waals surface area (Å²) in [6, 6.07) is 2.14. The van der Waals surface area contributed by atoms with Crippen molar-refractivity contribution >= 4 is 23.7 Å². The van der Waals surface area contributed by atoms with E-state index in [9.17, 15) is 31.1 Å². The molecule has 0 aliphatic carbocycles. The number of rotatable bonds is 5. The van der Waals surface area contributed by atoms with E-state index in [4.69, 9.17) is 24.8 Å². The van der Waals surface area contributed by atoms with Gasteiger partial charge < -0.3 is 26.2 Å². The zero-order valence-corrected chi connectivity index (χ0v) is 20.1. The summed E-state index contributed by atoms with van der Waals surface area (Å²) in [6.45, 7) is 10.9. The van der Waals surface area contributed by atoms with Crippen molar-refractivity contribution in [3.63, 3.8) is 0 Å². The minimum Gasteiger partial charge on any atom is -0.475 e. The van der Waals surface area contributed by atoms with Crippen LogP contribution >= 0.6 is 0 Å². The second-order valence-electron chi connectivity index (χ2n) is 8.25. The van der Waals surface area contributed by atoms with Crippen molar-refractivity contribution < 1.29 is 50.9 Å². The van der Waals surface area contributed by atoms with Crippen LogP contribution in [0, 0.1) is 5.92 Å². The van der Waals surface area contributed by atoms with Crippen molar-refractivity contribution in [3.05, 3.63) is 22.9 Å². The highest BCUT2D eigenvalue weighted by Gasteiger charge is 2.38. The Morgan fingerprint density at radius 2 is 1.44 bits per heavy atom. The number of nitrogens with zero attached hydrogens (tertiary/aromatic N) is 1. The molecule has 1 aromatic rings. The molecule has 36 heavy (non-hydrogen) atoms. The fraction of sp³-hybridized carbons (Fsp3) is 0.619. The van der Waals surface area contributed by atoms with Crippen LogP contribution in [0.5, 0.6) is 0 Å². The molecule has 9 nitrogen and oxygen atoms in total. The fourth-order valence-corrected chi connectivity index (χ4v) is 2.53. The molecule has 0 fully saturated rings. The molecule has 1 aliphatic rings. The number of alkyl halides is 6. The molecule has 0 bridgehead atoms. The molecule has 0 unspecified atom stereocenters. The van der Waals surface area contributed by atoms with Crippen LogP contribution in [-0.2, 0) is 22.4 Å². The van der Waals surface area contributed by atoms with Crippen LogP contribution in [0.4, 0.5) is 32.2 Å². The van der Waals surface area contributed by atoms with Gasteiger partial charge in [0.2, 0.25) is 0 Å². The quantitative estimate of drug-likeness (QED) is 0.364. The van der Waals surface area contributed by atoms with Crippen LogP contribution in [0.25, 0.3) is 0 Å². The molecule has 2 rings (SSSR count). The predicted octanol–water partition coefficient (Wildman–Crippen LogP) is 3.24. The van der Waals surface area contributed by atoms with Crippen molar-refractivity contribution in [1.29, 1.82) is 0 Å². The van der Waals surface area contributed by atoms with Gasteiger partial charge in [0.25, 0.3) is 5.91 Å². The van der Waals surface area contributed by atoms with Crippen molar-refractivity contribution in [2.45, 2.75) is 58.9 Å². The minimum atomic E-state index is -5.08. The molecule has 206 valence electrons. The molecule has 0 spiro atoms. The monoisotopic (exact) mass is 532 g/mol. The Balaban J connectivity index is 0.000000720. The van der Waals surface area contributed by atoms with Crippen LogP contribution < -0.4 is 16.0 Å². The number of hydrogen-bond acceptors (Lipinski definition) is 6. The second kappa shape index (κ2) is 14.5. The summed E-state index contributed by atoms with van der Waals surface area (Å²) in [5.74, 6) is -4.34. The Morgan fingerprint density at radius 1 is 0.972 bits per heavy atom. The van der Waals surface area contributed by atoms with E-state index in [1.54, 1.807) is 0 Å². The largest absolute Gasteiger partial charge is 0.490 e. The Bertz CT molecular complexity index is 865. The van der Waals surface area contributed by atoms with Crippen molar-refractivity contribution in [2.75, 3.05) is 25.0 Å². The zero-order valence-electron chi connectivity index (χ0n) is 20.1. The highest BCUT2D eigenvalue weighted by molar-refractivity contribution is 5.99. The maximum absolute atomic E-state index is 12.5. The number of carboxylic acids is 2.